The maximum atomic E-state index is 5.89. The second-order valence-electron chi connectivity index (χ2n) is 2.46. The summed E-state index contributed by atoms with van der Waals surface area (Å²) in [6.07, 6.45) is 4.28. The first-order chi connectivity index (χ1) is 5.25. The number of aryl methyl sites for hydroxylation is 1. The Balaban J connectivity index is 3.00. The number of rotatable bonds is 2. The fourth-order valence-corrected chi connectivity index (χ4v) is 1.32. The minimum Gasteiger partial charge on any atom is -0.330 e. The van der Waals surface area contributed by atoms with Gasteiger partial charge >= 0.3 is 0 Å². The number of halogens is 1. The van der Waals surface area contributed by atoms with Crippen LogP contribution in [0.4, 0.5) is 0 Å². The largest absolute Gasteiger partial charge is 0.330 e. The maximum Gasteiger partial charge on any atom is 0.0624 e. The fraction of sp³-hybridized carbons (Fsp3) is 0.375. The topological polar surface area (TPSA) is 38.9 Å². The molecule has 1 rings (SSSR count). The van der Waals surface area contributed by atoms with Crippen molar-refractivity contribution < 1.29 is 0 Å². The van der Waals surface area contributed by atoms with Crippen LogP contribution in [-0.4, -0.2) is 11.5 Å². The van der Waals surface area contributed by atoms with E-state index in [4.69, 9.17) is 17.3 Å². The summed E-state index contributed by atoms with van der Waals surface area (Å²) < 4.78 is 0. The molecule has 1 aromatic heterocycles. The van der Waals surface area contributed by atoms with Crippen molar-refractivity contribution in [2.45, 2.75) is 13.3 Å². The predicted molar refractivity (Wildman–Crippen MR) is 46.7 cm³/mol. The van der Waals surface area contributed by atoms with Gasteiger partial charge in [0.1, 0.15) is 0 Å². The zero-order chi connectivity index (χ0) is 8.27. The molecule has 0 aliphatic carbocycles. The van der Waals surface area contributed by atoms with Crippen LogP contribution in [0.2, 0.25) is 5.02 Å². The van der Waals surface area contributed by atoms with Crippen molar-refractivity contribution >= 4 is 11.6 Å². The molecular formula is C8H11ClN2. The highest BCUT2D eigenvalue weighted by molar-refractivity contribution is 6.31. The van der Waals surface area contributed by atoms with Gasteiger partial charge in [0.15, 0.2) is 0 Å². The molecule has 0 amide bonds. The lowest BCUT2D eigenvalue weighted by atomic mass is 10.1. The normalized spacial score (nSPS) is 10.1. The van der Waals surface area contributed by atoms with E-state index >= 15 is 0 Å². The van der Waals surface area contributed by atoms with E-state index in [2.05, 4.69) is 4.98 Å². The average Bonchev–Trinajstić information content (AvgIpc) is 1.97. The molecule has 0 aromatic carbocycles. The third-order valence-corrected chi connectivity index (χ3v) is 1.94. The molecule has 0 atom stereocenters. The number of aromatic nitrogens is 1. The zero-order valence-corrected chi connectivity index (χ0v) is 7.23. The van der Waals surface area contributed by atoms with Crippen LogP contribution in [-0.2, 0) is 6.42 Å². The molecule has 0 aliphatic heterocycles. The van der Waals surface area contributed by atoms with Gasteiger partial charge in [-0.2, -0.15) is 0 Å². The first kappa shape index (κ1) is 8.50. The molecule has 0 saturated carbocycles. The highest BCUT2D eigenvalue weighted by atomic mass is 35.5. The van der Waals surface area contributed by atoms with E-state index in [-0.39, 0.29) is 0 Å². The van der Waals surface area contributed by atoms with E-state index in [1.54, 1.807) is 12.4 Å². The van der Waals surface area contributed by atoms with Gasteiger partial charge in [0.25, 0.3) is 0 Å². The monoisotopic (exact) mass is 170 g/mol. The van der Waals surface area contributed by atoms with Gasteiger partial charge in [-0.25, -0.2) is 0 Å². The first-order valence-corrected chi connectivity index (χ1v) is 3.92. The summed E-state index contributed by atoms with van der Waals surface area (Å²) in [7, 11) is 0. The smallest absolute Gasteiger partial charge is 0.0624 e. The SMILES string of the molecule is Cc1cncc(Cl)c1CCN. The Morgan fingerprint density at radius 2 is 2.27 bits per heavy atom. The van der Waals surface area contributed by atoms with Crippen molar-refractivity contribution in [3.05, 3.63) is 28.5 Å². The molecule has 0 bridgehead atoms. The molecular weight excluding hydrogens is 160 g/mol. The highest BCUT2D eigenvalue weighted by Crippen LogP contribution is 2.17. The van der Waals surface area contributed by atoms with Crippen LogP contribution in [0.1, 0.15) is 11.1 Å². The minimum absolute atomic E-state index is 0.630. The van der Waals surface area contributed by atoms with Gasteiger partial charge < -0.3 is 5.73 Å². The molecule has 0 spiro atoms. The van der Waals surface area contributed by atoms with E-state index in [0.29, 0.717) is 6.54 Å². The summed E-state index contributed by atoms with van der Waals surface area (Å²) in [6.45, 7) is 2.62. The molecule has 0 fully saturated rings. The summed E-state index contributed by atoms with van der Waals surface area (Å²) in [5.41, 5.74) is 7.65. The lowest BCUT2D eigenvalue weighted by Gasteiger charge is -2.04. The van der Waals surface area contributed by atoms with Gasteiger partial charge in [-0.05, 0) is 31.0 Å². The summed E-state index contributed by atoms with van der Waals surface area (Å²) in [5, 5.41) is 0.718. The number of nitrogens with zero attached hydrogens (tertiary/aromatic N) is 1. The van der Waals surface area contributed by atoms with Gasteiger partial charge in [0.2, 0.25) is 0 Å². The maximum absolute atomic E-state index is 5.89. The first-order valence-electron chi connectivity index (χ1n) is 3.54. The number of nitrogens with two attached hydrogens (primary N) is 1. The Bertz CT molecular complexity index is 228. The molecule has 11 heavy (non-hydrogen) atoms. The van der Waals surface area contributed by atoms with Crippen LogP contribution in [0, 0.1) is 6.92 Å². The minimum atomic E-state index is 0.630. The highest BCUT2D eigenvalue weighted by Gasteiger charge is 2.01. The molecule has 1 heterocycles. The molecule has 2 nitrogen and oxygen atoms in total. The van der Waals surface area contributed by atoms with Crippen molar-refractivity contribution in [3.8, 4) is 0 Å². The van der Waals surface area contributed by atoms with Crippen molar-refractivity contribution in [2.75, 3.05) is 6.54 Å². The molecule has 0 aliphatic rings. The number of hydrogen-bond donors (Lipinski definition) is 1. The van der Waals surface area contributed by atoms with E-state index in [1.807, 2.05) is 6.92 Å². The van der Waals surface area contributed by atoms with E-state index in [9.17, 15) is 0 Å². The summed E-state index contributed by atoms with van der Waals surface area (Å²) in [4.78, 5) is 3.95. The summed E-state index contributed by atoms with van der Waals surface area (Å²) in [6, 6.07) is 0. The van der Waals surface area contributed by atoms with Crippen molar-refractivity contribution in [3.63, 3.8) is 0 Å². The molecule has 0 saturated heterocycles. The standard InChI is InChI=1S/C8H11ClN2/c1-6-4-11-5-8(9)7(6)2-3-10/h4-5H,2-3,10H2,1H3. The van der Waals surface area contributed by atoms with Crippen LogP contribution in [0.3, 0.4) is 0 Å². The summed E-state index contributed by atoms with van der Waals surface area (Å²) in [5.74, 6) is 0. The lowest BCUT2D eigenvalue weighted by Crippen LogP contribution is -2.04. The Hall–Kier alpha value is -0.600. The van der Waals surface area contributed by atoms with Crippen molar-refractivity contribution in [1.29, 1.82) is 0 Å². The third kappa shape index (κ3) is 1.91. The second kappa shape index (κ2) is 3.69. The summed E-state index contributed by atoms with van der Waals surface area (Å²) >= 11 is 5.89. The van der Waals surface area contributed by atoms with Gasteiger partial charge in [-0.15, -0.1) is 0 Å². The fourth-order valence-electron chi connectivity index (χ4n) is 1.02. The molecule has 2 N–H and O–H groups in total. The van der Waals surface area contributed by atoms with E-state index < -0.39 is 0 Å². The zero-order valence-electron chi connectivity index (χ0n) is 6.47. The lowest BCUT2D eigenvalue weighted by molar-refractivity contribution is 0.951. The second-order valence-corrected chi connectivity index (χ2v) is 2.86. The van der Waals surface area contributed by atoms with Gasteiger partial charge in [-0.1, -0.05) is 11.6 Å². The molecule has 1 aromatic rings. The van der Waals surface area contributed by atoms with Gasteiger partial charge in [-0.3, -0.25) is 4.98 Å². The third-order valence-electron chi connectivity index (χ3n) is 1.61. The van der Waals surface area contributed by atoms with Crippen molar-refractivity contribution in [2.24, 2.45) is 5.73 Å². The molecule has 0 radical (unpaired) electrons. The van der Waals surface area contributed by atoms with Gasteiger partial charge in [0, 0.05) is 12.4 Å². The Morgan fingerprint density at radius 3 is 2.82 bits per heavy atom. The Labute approximate surface area is 71.4 Å². The quantitative estimate of drug-likeness (QED) is 0.732. The van der Waals surface area contributed by atoms with Crippen LogP contribution < -0.4 is 5.73 Å². The number of hydrogen-bond acceptors (Lipinski definition) is 2. The van der Waals surface area contributed by atoms with Crippen LogP contribution in [0.15, 0.2) is 12.4 Å². The van der Waals surface area contributed by atoms with E-state index in [1.165, 1.54) is 0 Å². The number of pyridine rings is 1. The molecule has 60 valence electrons. The van der Waals surface area contributed by atoms with E-state index in [0.717, 1.165) is 22.6 Å². The van der Waals surface area contributed by atoms with Crippen molar-refractivity contribution in [1.82, 2.24) is 4.98 Å². The van der Waals surface area contributed by atoms with Crippen LogP contribution in [0.25, 0.3) is 0 Å². The van der Waals surface area contributed by atoms with Crippen LogP contribution >= 0.6 is 11.6 Å². The Kier molecular flexibility index (Phi) is 2.85. The van der Waals surface area contributed by atoms with Crippen LogP contribution in [0.5, 0.6) is 0 Å². The average molecular weight is 171 g/mol. The van der Waals surface area contributed by atoms with Gasteiger partial charge in [0.05, 0.1) is 5.02 Å². The molecule has 0 unspecified atom stereocenters. The molecule has 3 heteroatoms. The Morgan fingerprint density at radius 1 is 1.55 bits per heavy atom. The predicted octanol–water partition coefficient (Wildman–Crippen LogP) is 1.54.